The Balaban J connectivity index is 2.38. The Kier molecular flexibility index (Phi) is 3.36. The SMILES string of the molecule is COc1ccc(C)cc1C1CCCC1C(=O)O. The van der Waals surface area contributed by atoms with Crippen molar-refractivity contribution in [3.05, 3.63) is 29.3 Å². The van der Waals surface area contributed by atoms with Crippen LogP contribution in [0.25, 0.3) is 0 Å². The molecule has 1 saturated carbocycles. The van der Waals surface area contributed by atoms with Gasteiger partial charge in [-0.2, -0.15) is 0 Å². The minimum atomic E-state index is -0.684. The van der Waals surface area contributed by atoms with E-state index in [-0.39, 0.29) is 11.8 Å². The average molecular weight is 234 g/mol. The van der Waals surface area contributed by atoms with Crippen LogP contribution in [0.15, 0.2) is 18.2 Å². The van der Waals surface area contributed by atoms with Crippen LogP contribution in [0.5, 0.6) is 5.75 Å². The lowest BCUT2D eigenvalue weighted by molar-refractivity contribution is -0.142. The predicted octanol–water partition coefficient (Wildman–Crippen LogP) is 2.97. The largest absolute Gasteiger partial charge is 0.496 e. The molecule has 0 aliphatic heterocycles. The number of hydrogen-bond donors (Lipinski definition) is 1. The molecule has 0 heterocycles. The van der Waals surface area contributed by atoms with Crippen LogP contribution < -0.4 is 4.74 Å². The fourth-order valence-electron chi connectivity index (χ4n) is 2.77. The third-order valence-corrected chi connectivity index (χ3v) is 3.62. The van der Waals surface area contributed by atoms with Crippen LogP contribution in [0.1, 0.15) is 36.3 Å². The lowest BCUT2D eigenvalue weighted by Crippen LogP contribution is -2.17. The summed E-state index contributed by atoms with van der Waals surface area (Å²) in [4.78, 5) is 11.2. The summed E-state index contributed by atoms with van der Waals surface area (Å²) in [6, 6.07) is 5.99. The third-order valence-electron chi connectivity index (χ3n) is 3.62. The van der Waals surface area contributed by atoms with E-state index < -0.39 is 5.97 Å². The number of carboxylic acids is 1. The molecule has 0 bridgehead atoms. The first-order chi connectivity index (χ1) is 8.13. The van der Waals surface area contributed by atoms with Crippen molar-refractivity contribution in [2.75, 3.05) is 7.11 Å². The van der Waals surface area contributed by atoms with Crippen molar-refractivity contribution in [1.82, 2.24) is 0 Å². The molecular formula is C14H18O3. The molecule has 1 aromatic carbocycles. The molecular weight excluding hydrogens is 216 g/mol. The fourth-order valence-corrected chi connectivity index (χ4v) is 2.77. The van der Waals surface area contributed by atoms with E-state index in [1.807, 2.05) is 19.1 Å². The summed E-state index contributed by atoms with van der Waals surface area (Å²) in [5.74, 6) is -0.0298. The van der Waals surface area contributed by atoms with E-state index >= 15 is 0 Å². The van der Waals surface area contributed by atoms with Gasteiger partial charge in [-0.15, -0.1) is 0 Å². The Bertz CT molecular complexity index is 425. The average Bonchev–Trinajstić information content (AvgIpc) is 2.77. The number of aryl methyl sites for hydroxylation is 1. The minimum absolute atomic E-state index is 0.0994. The summed E-state index contributed by atoms with van der Waals surface area (Å²) in [7, 11) is 1.64. The summed E-state index contributed by atoms with van der Waals surface area (Å²) in [6.45, 7) is 2.02. The lowest BCUT2D eigenvalue weighted by atomic mass is 9.87. The van der Waals surface area contributed by atoms with Crippen molar-refractivity contribution in [3.63, 3.8) is 0 Å². The number of hydrogen-bond acceptors (Lipinski definition) is 2. The van der Waals surface area contributed by atoms with Crippen molar-refractivity contribution in [2.45, 2.75) is 32.1 Å². The smallest absolute Gasteiger partial charge is 0.307 e. The van der Waals surface area contributed by atoms with Gasteiger partial charge in [-0.1, -0.05) is 24.1 Å². The zero-order valence-electron chi connectivity index (χ0n) is 10.3. The first-order valence-corrected chi connectivity index (χ1v) is 6.01. The van der Waals surface area contributed by atoms with Gasteiger partial charge in [-0.25, -0.2) is 0 Å². The van der Waals surface area contributed by atoms with Crippen LogP contribution in [-0.4, -0.2) is 18.2 Å². The van der Waals surface area contributed by atoms with Gasteiger partial charge in [0.2, 0.25) is 0 Å². The molecule has 0 aromatic heterocycles. The summed E-state index contributed by atoms with van der Waals surface area (Å²) >= 11 is 0. The quantitative estimate of drug-likeness (QED) is 0.874. The number of aliphatic carboxylic acids is 1. The van der Waals surface area contributed by atoms with Gasteiger partial charge in [-0.05, 0) is 31.4 Å². The van der Waals surface area contributed by atoms with Crippen molar-refractivity contribution in [2.24, 2.45) is 5.92 Å². The van der Waals surface area contributed by atoms with Gasteiger partial charge in [0.1, 0.15) is 5.75 Å². The molecule has 2 unspecified atom stereocenters. The van der Waals surface area contributed by atoms with Crippen LogP contribution >= 0.6 is 0 Å². The molecule has 1 aromatic rings. The Hall–Kier alpha value is -1.51. The van der Waals surface area contributed by atoms with E-state index in [4.69, 9.17) is 4.74 Å². The Morgan fingerprint density at radius 3 is 2.82 bits per heavy atom. The minimum Gasteiger partial charge on any atom is -0.496 e. The molecule has 0 radical (unpaired) electrons. The van der Waals surface area contributed by atoms with E-state index in [0.717, 1.165) is 36.1 Å². The maximum atomic E-state index is 11.2. The maximum Gasteiger partial charge on any atom is 0.307 e. The second-order valence-corrected chi connectivity index (χ2v) is 4.73. The van der Waals surface area contributed by atoms with E-state index in [0.29, 0.717) is 0 Å². The highest BCUT2D eigenvalue weighted by Crippen LogP contribution is 2.43. The normalized spacial score (nSPS) is 23.6. The summed E-state index contributed by atoms with van der Waals surface area (Å²) in [5, 5.41) is 9.24. The number of rotatable bonds is 3. The molecule has 0 spiro atoms. The van der Waals surface area contributed by atoms with Gasteiger partial charge in [0, 0.05) is 5.92 Å². The molecule has 2 atom stereocenters. The highest BCUT2D eigenvalue weighted by atomic mass is 16.5. The Morgan fingerprint density at radius 1 is 1.41 bits per heavy atom. The number of carbonyl (C=O) groups is 1. The van der Waals surface area contributed by atoms with E-state index in [1.165, 1.54) is 0 Å². The molecule has 1 aliphatic carbocycles. The molecule has 3 nitrogen and oxygen atoms in total. The van der Waals surface area contributed by atoms with E-state index in [2.05, 4.69) is 6.07 Å². The van der Waals surface area contributed by atoms with Crippen molar-refractivity contribution in [1.29, 1.82) is 0 Å². The summed E-state index contributed by atoms with van der Waals surface area (Å²) in [6.07, 6.45) is 2.70. The topological polar surface area (TPSA) is 46.5 Å². The van der Waals surface area contributed by atoms with Crippen LogP contribution in [-0.2, 0) is 4.79 Å². The van der Waals surface area contributed by atoms with Crippen molar-refractivity contribution >= 4 is 5.97 Å². The van der Waals surface area contributed by atoms with Gasteiger partial charge in [0.25, 0.3) is 0 Å². The third kappa shape index (κ3) is 2.28. The highest BCUT2D eigenvalue weighted by molar-refractivity contribution is 5.72. The molecule has 2 rings (SSSR count). The van der Waals surface area contributed by atoms with Crippen LogP contribution in [0.4, 0.5) is 0 Å². The molecule has 17 heavy (non-hydrogen) atoms. The van der Waals surface area contributed by atoms with Gasteiger partial charge >= 0.3 is 5.97 Å². The van der Waals surface area contributed by atoms with Gasteiger partial charge in [-0.3, -0.25) is 4.79 Å². The van der Waals surface area contributed by atoms with E-state index in [1.54, 1.807) is 7.11 Å². The van der Waals surface area contributed by atoms with Gasteiger partial charge < -0.3 is 9.84 Å². The van der Waals surface area contributed by atoms with Crippen molar-refractivity contribution in [3.8, 4) is 5.75 Å². The number of carboxylic acid groups (broad SMARTS) is 1. The summed E-state index contributed by atoms with van der Waals surface area (Å²) in [5.41, 5.74) is 2.20. The predicted molar refractivity (Wildman–Crippen MR) is 65.4 cm³/mol. The zero-order valence-corrected chi connectivity index (χ0v) is 10.3. The Morgan fingerprint density at radius 2 is 2.18 bits per heavy atom. The molecule has 1 N–H and O–H groups in total. The molecule has 0 amide bonds. The fraction of sp³-hybridized carbons (Fsp3) is 0.500. The molecule has 3 heteroatoms. The van der Waals surface area contributed by atoms with Gasteiger partial charge in [0.05, 0.1) is 13.0 Å². The molecule has 92 valence electrons. The van der Waals surface area contributed by atoms with Crippen LogP contribution in [0, 0.1) is 12.8 Å². The van der Waals surface area contributed by atoms with Crippen LogP contribution in [0.2, 0.25) is 0 Å². The zero-order chi connectivity index (χ0) is 12.4. The van der Waals surface area contributed by atoms with Crippen molar-refractivity contribution < 1.29 is 14.6 Å². The molecule has 1 fully saturated rings. The molecule has 0 saturated heterocycles. The maximum absolute atomic E-state index is 11.2. The van der Waals surface area contributed by atoms with Gasteiger partial charge in [0.15, 0.2) is 0 Å². The van der Waals surface area contributed by atoms with E-state index in [9.17, 15) is 9.90 Å². The Labute approximate surface area is 101 Å². The second-order valence-electron chi connectivity index (χ2n) is 4.73. The highest BCUT2D eigenvalue weighted by Gasteiger charge is 2.35. The van der Waals surface area contributed by atoms with Crippen LogP contribution in [0.3, 0.4) is 0 Å². The molecule has 1 aliphatic rings. The monoisotopic (exact) mass is 234 g/mol. The number of methoxy groups -OCH3 is 1. The second kappa shape index (κ2) is 4.78. The standard InChI is InChI=1S/C14H18O3/c1-9-6-7-13(17-2)12(8-9)10-4-3-5-11(10)14(15)16/h6-8,10-11H,3-5H2,1-2H3,(H,15,16). The number of ether oxygens (including phenoxy) is 1. The first-order valence-electron chi connectivity index (χ1n) is 6.01. The lowest BCUT2D eigenvalue weighted by Gasteiger charge is -2.19. The summed E-state index contributed by atoms with van der Waals surface area (Å²) < 4.78 is 5.35. The first kappa shape index (κ1) is 12.0. The number of benzene rings is 1.